The normalized spacial score (nSPS) is 18.0. The molecule has 3 aromatic rings. The summed E-state index contributed by atoms with van der Waals surface area (Å²) in [7, 11) is 0. The van der Waals surface area contributed by atoms with Gasteiger partial charge in [-0.05, 0) is 37.3 Å². The number of aromatic hydroxyl groups is 1. The maximum Gasteiger partial charge on any atom is 0.340 e. The smallest absolute Gasteiger partial charge is 0.340 e. The van der Waals surface area contributed by atoms with Crippen molar-refractivity contribution in [1.82, 2.24) is 0 Å². The highest BCUT2D eigenvalue weighted by Gasteiger charge is 2.53. The van der Waals surface area contributed by atoms with Gasteiger partial charge in [-0.3, -0.25) is 4.79 Å². The second kappa shape index (κ2) is 6.22. The lowest BCUT2D eigenvalue weighted by Crippen LogP contribution is -2.33. The highest BCUT2D eigenvalue weighted by molar-refractivity contribution is 6.03. The Morgan fingerprint density at radius 3 is 2.47 bits per heavy atom. The molecule has 1 unspecified atom stereocenters. The van der Waals surface area contributed by atoms with Gasteiger partial charge in [-0.1, -0.05) is 24.8 Å². The third kappa shape index (κ3) is 2.43. The predicted octanol–water partition coefficient (Wildman–Crippen LogP) is 4.47. The molecule has 1 amide bonds. The van der Waals surface area contributed by atoms with Crippen molar-refractivity contribution in [3.63, 3.8) is 0 Å². The minimum Gasteiger partial charge on any atom is -0.508 e. The number of hydrogen-bond acceptors (Lipinski definition) is 5. The number of fused-ring (bicyclic) bond motifs is 6. The second-order valence-corrected chi connectivity index (χ2v) is 7.34. The van der Waals surface area contributed by atoms with Crippen molar-refractivity contribution < 1.29 is 24.2 Å². The first kappa shape index (κ1) is 18.0. The number of rotatable bonds is 2. The molecule has 0 bridgehead atoms. The van der Waals surface area contributed by atoms with E-state index >= 15 is 0 Å². The molecule has 0 radical (unpaired) electrons. The van der Waals surface area contributed by atoms with E-state index in [4.69, 9.17) is 9.47 Å². The summed E-state index contributed by atoms with van der Waals surface area (Å²) >= 11 is 0. The highest BCUT2D eigenvalue weighted by Crippen LogP contribution is 2.56. The molecular weight excluding hydrogens is 382 g/mol. The molecule has 148 valence electrons. The van der Waals surface area contributed by atoms with Crippen molar-refractivity contribution in [3.8, 4) is 17.2 Å². The molecular formula is C24H17NO5. The van der Waals surface area contributed by atoms with E-state index in [2.05, 4.69) is 11.9 Å². The van der Waals surface area contributed by atoms with Crippen LogP contribution in [0.4, 0.5) is 5.69 Å². The first-order valence-corrected chi connectivity index (χ1v) is 9.36. The van der Waals surface area contributed by atoms with Crippen molar-refractivity contribution in [2.24, 2.45) is 0 Å². The van der Waals surface area contributed by atoms with Crippen LogP contribution in [0.2, 0.25) is 0 Å². The van der Waals surface area contributed by atoms with Crippen molar-refractivity contribution in [1.29, 1.82) is 0 Å². The number of phenolic OH excluding ortho intramolecular Hbond substituents is 1. The van der Waals surface area contributed by atoms with Crippen LogP contribution in [0.1, 0.15) is 34.0 Å². The fourth-order valence-corrected chi connectivity index (χ4v) is 3.98. The highest BCUT2D eigenvalue weighted by atomic mass is 16.6. The van der Waals surface area contributed by atoms with Crippen molar-refractivity contribution in [2.75, 3.05) is 5.32 Å². The summed E-state index contributed by atoms with van der Waals surface area (Å²) < 4.78 is 12.1. The maximum absolute atomic E-state index is 12.7. The van der Waals surface area contributed by atoms with E-state index in [1.54, 1.807) is 43.3 Å². The quantitative estimate of drug-likeness (QED) is 0.490. The number of ether oxygens (including phenoxy) is 2. The monoisotopic (exact) mass is 399 g/mol. The molecule has 0 saturated carbocycles. The summed E-state index contributed by atoms with van der Waals surface area (Å²) in [6, 6.07) is 17.1. The van der Waals surface area contributed by atoms with Gasteiger partial charge < -0.3 is 19.9 Å². The van der Waals surface area contributed by atoms with Gasteiger partial charge in [0.1, 0.15) is 17.2 Å². The summed E-state index contributed by atoms with van der Waals surface area (Å²) in [5, 5.41) is 12.8. The van der Waals surface area contributed by atoms with Crippen LogP contribution in [-0.2, 0) is 15.1 Å². The van der Waals surface area contributed by atoms with Crippen molar-refractivity contribution >= 4 is 17.6 Å². The van der Waals surface area contributed by atoms with Crippen LogP contribution >= 0.6 is 0 Å². The molecule has 6 heteroatoms. The van der Waals surface area contributed by atoms with Crippen LogP contribution in [0.5, 0.6) is 17.2 Å². The number of phenols is 1. The van der Waals surface area contributed by atoms with E-state index in [1.165, 1.54) is 12.1 Å². The summed E-state index contributed by atoms with van der Waals surface area (Å²) in [5.41, 5.74) is 2.10. The van der Waals surface area contributed by atoms with Gasteiger partial charge in [0.25, 0.3) is 5.91 Å². The molecule has 0 fully saturated rings. The molecule has 3 aromatic carbocycles. The molecule has 6 nitrogen and oxygen atoms in total. The average Bonchev–Trinajstić information content (AvgIpc) is 3.01. The number of nitrogens with one attached hydrogen (secondary N) is 1. The van der Waals surface area contributed by atoms with Gasteiger partial charge in [-0.25, -0.2) is 4.79 Å². The minimum atomic E-state index is -1.21. The largest absolute Gasteiger partial charge is 0.508 e. The molecule has 1 atom stereocenters. The third-order valence-corrected chi connectivity index (χ3v) is 5.34. The standard InChI is InChI=1S/C24H17NO5/c1-13(2)22(27)25-14-7-9-18-20(11-14)29-21-12-15(26)8-10-19(21)24(18)17-6-4-3-5-16(17)23(28)30-24/h3-12,26H,1H2,2H3,(H,25,27). The Kier molecular flexibility index (Phi) is 3.73. The number of carbonyl (C=O) groups is 2. The van der Waals surface area contributed by atoms with Crippen LogP contribution < -0.4 is 10.1 Å². The Balaban J connectivity index is 1.75. The molecule has 2 aliphatic rings. The van der Waals surface area contributed by atoms with Gasteiger partial charge in [0.05, 0.1) is 5.56 Å². The van der Waals surface area contributed by atoms with E-state index < -0.39 is 11.6 Å². The molecule has 30 heavy (non-hydrogen) atoms. The van der Waals surface area contributed by atoms with Gasteiger partial charge in [-0.2, -0.15) is 0 Å². The fourth-order valence-electron chi connectivity index (χ4n) is 3.98. The number of carbonyl (C=O) groups excluding carboxylic acids is 2. The Labute approximate surface area is 172 Å². The Hall–Kier alpha value is -4.06. The van der Waals surface area contributed by atoms with Crippen LogP contribution in [0.3, 0.4) is 0 Å². The van der Waals surface area contributed by atoms with Crippen LogP contribution in [0, 0.1) is 0 Å². The van der Waals surface area contributed by atoms with Gasteiger partial charge in [0.15, 0.2) is 5.60 Å². The number of esters is 1. The van der Waals surface area contributed by atoms with Gasteiger partial charge in [0, 0.05) is 40.1 Å². The number of benzene rings is 3. The van der Waals surface area contributed by atoms with E-state index in [1.807, 2.05) is 12.1 Å². The number of anilines is 1. The Bertz CT molecular complexity index is 1260. The van der Waals surface area contributed by atoms with E-state index in [0.29, 0.717) is 45.0 Å². The first-order valence-electron chi connectivity index (χ1n) is 9.36. The van der Waals surface area contributed by atoms with Crippen molar-refractivity contribution in [2.45, 2.75) is 12.5 Å². The first-order chi connectivity index (χ1) is 14.4. The molecule has 2 N–H and O–H groups in total. The van der Waals surface area contributed by atoms with E-state index in [9.17, 15) is 14.7 Å². The maximum atomic E-state index is 12.7. The zero-order valence-electron chi connectivity index (χ0n) is 16.1. The van der Waals surface area contributed by atoms with Crippen LogP contribution in [-0.4, -0.2) is 17.0 Å². The molecule has 0 saturated heterocycles. The topological polar surface area (TPSA) is 84.9 Å². The third-order valence-electron chi connectivity index (χ3n) is 5.34. The van der Waals surface area contributed by atoms with Crippen LogP contribution in [0.25, 0.3) is 0 Å². The number of hydrogen-bond donors (Lipinski definition) is 2. The Morgan fingerprint density at radius 2 is 1.70 bits per heavy atom. The zero-order chi connectivity index (χ0) is 21.0. The van der Waals surface area contributed by atoms with Crippen LogP contribution in [0.15, 0.2) is 72.8 Å². The van der Waals surface area contributed by atoms with Crippen molar-refractivity contribution in [3.05, 3.63) is 95.1 Å². The van der Waals surface area contributed by atoms with E-state index in [0.717, 1.165) is 0 Å². The molecule has 0 aromatic heterocycles. The lowest BCUT2D eigenvalue weighted by Gasteiger charge is -2.36. The summed E-state index contributed by atoms with van der Waals surface area (Å²) in [5.74, 6) is 0.0671. The summed E-state index contributed by atoms with van der Waals surface area (Å²) in [4.78, 5) is 24.8. The lowest BCUT2D eigenvalue weighted by atomic mass is 9.77. The zero-order valence-corrected chi connectivity index (χ0v) is 16.1. The molecule has 0 aliphatic carbocycles. The SMILES string of the molecule is C=C(C)C(=O)Nc1ccc2c(c1)Oc1cc(O)ccc1C21OC(=O)c2ccccc21. The molecule has 1 spiro atoms. The second-order valence-electron chi connectivity index (χ2n) is 7.34. The van der Waals surface area contributed by atoms with Gasteiger partial charge in [0.2, 0.25) is 0 Å². The number of amides is 1. The molecule has 2 aliphatic heterocycles. The summed E-state index contributed by atoms with van der Waals surface area (Å²) in [6.45, 7) is 5.26. The molecule has 5 rings (SSSR count). The minimum absolute atomic E-state index is 0.0247. The average molecular weight is 399 g/mol. The predicted molar refractivity (Wildman–Crippen MR) is 110 cm³/mol. The van der Waals surface area contributed by atoms with Gasteiger partial charge in [-0.15, -0.1) is 0 Å². The van der Waals surface area contributed by atoms with Gasteiger partial charge >= 0.3 is 5.97 Å². The van der Waals surface area contributed by atoms with E-state index in [-0.39, 0.29) is 11.7 Å². The summed E-state index contributed by atoms with van der Waals surface area (Å²) in [6.07, 6.45) is 0. The lowest BCUT2D eigenvalue weighted by molar-refractivity contribution is -0.112. The fraction of sp³-hybridized carbons (Fsp3) is 0.0833. The Morgan fingerprint density at radius 1 is 1.00 bits per heavy atom. The molecule has 2 heterocycles.